The SMILES string of the molecule is COc1ccc2c(c1)C1CCCNC2C1. The molecule has 1 aromatic rings. The Bertz CT molecular complexity index is 375. The summed E-state index contributed by atoms with van der Waals surface area (Å²) >= 11 is 0. The molecule has 2 nitrogen and oxygen atoms in total. The van der Waals surface area contributed by atoms with Crippen LogP contribution in [0.15, 0.2) is 18.2 Å². The molecule has 2 unspecified atom stereocenters. The van der Waals surface area contributed by atoms with Gasteiger partial charge in [-0.2, -0.15) is 0 Å². The molecule has 0 spiro atoms. The van der Waals surface area contributed by atoms with E-state index in [-0.39, 0.29) is 0 Å². The van der Waals surface area contributed by atoms with Gasteiger partial charge < -0.3 is 10.1 Å². The molecule has 2 atom stereocenters. The van der Waals surface area contributed by atoms with Crippen LogP contribution >= 0.6 is 0 Å². The molecule has 1 aliphatic carbocycles. The van der Waals surface area contributed by atoms with E-state index in [0.717, 1.165) is 11.7 Å². The molecular weight excluding hydrogens is 186 g/mol. The summed E-state index contributed by atoms with van der Waals surface area (Å²) in [6, 6.07) is 7.14. The van der Waals surface area contributed by atoms with E-state index in [1.807, 2.05) is 0 Å². The molecular formula is C13H17NO. The van der Waals surface area contributed by atoms with Crippen LogP contribution in [-0.4, -0.2) is 13.7 Å². The van der Waals surface area contributed by atoms with Crippen LogP contribution in [0.1, 0.15) is 42.3 Å². The number of ether oxygens (including phenoxy) is 1. The van der Waals surface area contributed by atoms with Crippen molar-refractivity contribution in [3.8, 4) is 5.75 Å². The van der Waals surface area contributed by atoms with Crippen LogP contribution in [0.25, 0.3) is 0 Å². The molecule has 1 fully saturated rings. The summed E-state index contributed by atoms with van der Waals surface area (Å²) in [6.07, 6.45) is 3.91. The van der Waals surface area contributed by atoms with Gasteiger partial charge in [0.2, 0.25) is 0 Å². The smallest absolute Gasteiger partial charge is 0.119 e. The molecule has 1 aromatic carbocycles. The van der Waals surface area contributed by atoms with Crippen molar-refractivity contribution in [3.63, 3.8) is 0 Å². The summed E-state index contributed by atoms with van der Waals surface area (Å²) in [7, 11) is 1.74. The Kier molecular flexibility index (Phi) is 2.17. The first-order valence-corrected chi connectivity index (χ1v) is 5.79. The van der Waals surface area contributed by atoms with Gasteiger partial charge in [0.25, 0.3) is 0 Å². The zero-order valence-corrected chi connectivity index (χ0v) is 9.12. The minimum absolute atomic E-state index is 0.596. The number of benzene rings is 1. The predicted octanol–water partition coefficient (Wildman–Crippen LogP) is 2.61. The van der Waals surface area contributed by atoms with E-state index in [1.165, 1.54) is 36.9 Å². The Morgan fingerprint density at radius 3 is 3.13 bits per heavy atom. The van der Waals surface area contributed by atoms with Gasteiger partial charge in [0.05, 0.1) is 7.11 Å². The number of hydrogen-bond donors (Lipinski definition) is 1. The van der Waals surface area contributed by atoms with Gasteiger partial charge in [0.15, 0.2) is 0 Å². The van der Waals surface area contributed by atoms with E-state index in [0.29, 0.717) is 6.04 Å². The lowest BCUT2D eigenvalue weighted by Gasteiger charge is -2.15. The van der Waals surface area contributed by atoms with Gasteiger partial charge >= 0.3 is 0 Å². The highest BCUT2D eigenvalue weighted by Crippen LogP contribution is 2.45. The lowest BCUT2D eigenvalue weighted by atomic mass is 9.96. The zero-order valence-electron chi connectivity index (χ0n) is 9.12. The van der Waals surface area contributed by atoms with Crippen molar-refractivity contribution in [2.75, 3.05) is 13.7 Å². The third-order valence-corrected chi connectivity index (χ3v) is 3.75. The van der Waals surface area contributed by atoms with E-state index in [1.54, 1.807) is 7.11 Å². The van der Waals surface area contributed by atoms with Crippen LogP contribution in [0.3, 0.4) is 0 Å². The Labute approximate surface area is 90.6 Å². The van der Waals surface area contributed by atoms with Crippen molar-refractivity contribution in [2.45, 2.75) is 31.2 Å². The van der Waals surface area contributed by atoms with Gasteiger partial charge in [-0.15, -0.1) is 0 Å². The summed E-state index contributed by atoms with van der Waals surface area (Å²) in [6.45, 7) is 1.17. The molecule has 80 valence electrons. The fourth-order valence-corrected chi connectivity index (χ4v) is 2.98. The van der Waals surface area contributed by atoms with Crippen LogP contribution in [0, 0.1) is 0 Å². The van der Waals surface area contributed by atoms with E-state index in [9.17, 15) is 0 Å². The van der Waals surface area contributed by atoms with Crippen molar-refractivity contribution < 1.29 is 4.74 Å². The first-order valence-electron chi connectivity index (χ1n) is 5.79. The van der Waals surface area contributed by atoms with E-state index >= 15 is 0 Å². The van der Waals surface area contributed by atoms with Crippen molar-refractivity contribution in [3.05, 3.63) is 29.3 Å². The summed E-state index contributed by atoms with van der Waals surface area (Å²) < 4.78 is 5.30. The molecule has 2 bridgehead atoms. The summed E-state index contributed by atoms with van der Waals surface area (Å²) in [5, 5.41) is 3.63. The standard InChI is InChI=1S/C13H17NO/c1-15-10-4-5-11-12(8-10)9-3-2-6-14-13(11)7-9/h4-5,8-9,13-14H,2-3,6-7H2,1H3. The number of rotatable bonds is 1. The third-order valence-electron chi connectivity index (χ3n) is 3.75. The van der Waals surface area contributed by atoms with Crippen molar-refractivity contribution >= 4 is 0 Å². The molecule has 0 saturated carbocycles. The molecule has 1 heterocycles. The first-order chi connectivity index (χ1) is 7.38. The number of methoxy groups -OCH3 is 1. The largest absolute Gasteiger partial charge is 0.497 e. The number of nitrogens with one attached hydrogen (secondary N) is 1. The van der Waals surface area contributed by atoms with Gasteiger partial charge in [-0.25, -0.2) is 0 Å². The molecule has 1 aliphatic heterocycles. The lowest BCUT2D eigenvalue weighted by molar-refractivity contribution is 0.413. The second-order valence-electron chi connectivity index (χ2n) is 4.58. The van der Waals surface area contributed by atoms with Crippen LogP contribution < -0.4 is 10.1 Å². The number of hydrogen-bond acceptors (Lipinski definition) is 2. The van der Waals surface area contributed by atoms with E-state index in [4.69, 9.17) is 4.74 Å². The Morgan fingerprint density at radius 2 is 2.27 bits per heavy atom. The molecule has 1 saturated heterocycles. The minimum atomic E-state index is 0.596. The molecule has 3 rings (SSSR count). The van der Waals surface area contributed by atoms with Gasteiger partial charge in [0.1, 0.15) is 5.75 Å². The van der Waals surface area contributed by atoms with Gasteiger partial charge in [-0.1, -0.05) is 6.07 Å². The quantitative estimate of drug-likeness (QED) is 0.757. The fraction of sp³-hybridized carbons (Fsp3) is 0.538. The summed E-state index contributed by atoms with van der Waals surface area (Å²) in [5.41, 5.74) is 3.02. The topological polar surface area (TPSA) is 21.3 Å². The molecule has 1 N–H and O–H groups in total. The first kappa shape index (κ1) is 9.22. The van der Waals surface area contributed by atoms with E-state index < -0.39 is 0 Å². The molecule has 2 aliphatic rings. The van der Waals surface area contributed by atoms with Crippen molar-refractivity contribution in [2.24, 2.45) is 0 Å². The summed E-state index contributed by atoms with van der Waals surface area (Å²) in [5.74, 6) is 1.76. The van der Waals surface area contributed by atoms with Crippen molar-refractivity contribution in [1.29, 1.82) is 0 Å². The molecule has 15 heavy (non-hydrogen) atoms. The van der Waals surface area contributed by atoms with Gasteiger partial charge in [-0.05, 0) is 55.0 Å². The fourth-order valence-electron chi connectivity index (χ4n) is 2.98. The normalized spacial score (nSPS) is 28.3. The highest BCUT2D eigenvalue weighted by molar-refractivity contribution is 5.43. The van der Waals surface area contributed by atoms with Crippen LogP contribution in [0.2, 0.25) is 0 Å². The summed E-state index contributed by atoms with van der Waals surface area (Å²) in [4.78, 5) is 0. The van der Waals surface area contributed by atoms with Crippen molar-refractivity contribution in [1.82, 2.24) is 5.32 Å². The van der Waals surface area contributed by atoms with Gasteiger partial charge in [-0.3, -0.25) is 0 Å². The minimum Gasteiger partial charge on any atom is -0.497 e. The monoisotopic (exact) mass is 203 g/mol. The maximum absolute atomic E-state index is 5.30. The van der Waals surface area contributed by atoms with Gasteiger partial charge in [0, 0.05) is 6.04 Å². The molecule has 0 radical (unpaired) electrons. The number of fused-ring (bicyclic) bond motifs is 5. The average molecular weight is 203 g/mol. The van der Waals surface area contributed by atoms with Crippen LogP contribution in [-0.2, 0) is 0 Å². The van der Waals surface area contributed by atoms with E-state index in [2.05, 4.69) is 23.5 Å². The highest BCUT2D eigenvalue weighted by atomic mass is 16.5. The maximum Gasteiger partial charge on any atom is 0.119 e. The highest BCUT2D eigenvalue weighted by Gasteiger charge is 2.32. The zero-order chi connectivity index (χ0) is 10.3. The Balaban J connectivity index is 2.04. The second-order valence-corrected chi connectivity index (χ2v) is 4.58. The van der Waals surface area contributed by atoms with Crippen LogP contribution in [0.5, 0.6) is 5.75 Å². The predicted molar refractivity (Wildman–Crippen MR) is 60.3 cm³/mol. The average Bonchev–Trinajstić information content (AvgIpc) is 2.47. The van der Waals surface area contributed by atoms with Crippen LogP contribution in [0.4, 0.5) is 0 Å². The molecule has 2 heteroatoms. The third kappa shape index (κ3) is 1.44. The lowest BCUT2D eigenvalue weighted by Crippen LogP contribution is -2.19. The molecule has 0 aromatic heterocycles. The maximum atomic E-state index is 5.30. The Hall–Kier alpha value is -1.02. The Morgan fingerprint density at radius 1 is 1.33 bits per heavy atom. The second kappa shape index (κ2) is 3.53. The molecule has 0 amide bonds.